The molecule has 1 aromatic carbocycles. The van der Waals surface area contributed by atoms with Gasteiger partial charge in [0.2, 0.25) is 5.88 Å². The van der Waals surface area contributed by atoms with E-state index in [1.54, 1.807) is 6.07 Å². The van der Waals surface area contributed by atoms with Crippen molar-refractivity contribution in [3.05, 3.63) is 41.5 Å². The van der Waals surface area contributed by atoms with Crippen LogP contribution in [0.25, 0.3) is 0 Å². The summed E-state index contributed by atoms with van der Waals surface area (Å²) >= 11 is 0. The van der Waals surface area contributed by atoms with Crippen molar-refractivity contribution >= 4 is 5.82 Å². The summed E-state index contributed by atoms with van der Waals surface area (Å²) in [5, 5.41) is 15.6. The minimum Gasteiger partial charge on any atom is -0.437 e. The van der Waals surface area contributed by atoms with E-state index in [1.807, 2.05) is 0 Å². The van der Waals surface area contributed by atoms with Crippen LogP contribution in [-0.4, -0.2) is 10.2 Å². The number of halogens is 3. The maximum atomic E-state index is 12.9. The van der Waals surface area contributed by atoms with Crippen molar-refractivity contribution in [2.24, 2.45) is 0 Å². The third kappa shape index (κ3) is 2.95. The second-order valence-electron chi connectivity index (χ2n) is 3.72. The first-order valence-electron chi connectivity index (χ1n) is 5.28. The predicted molar refractivity (Wildman–Crippen MR) is 62.7 cm³/mol. The smallest absolute Gasteiger partial charge is 0.420 e. The van der Waals surface area contributed by atoms with E-state index >= 15 is 0 Å². The molecule has 2 aromatic rings. The van der Waals surface area contributed by atoms with Gasteiger partial charge in [0.15, 0.2) is 0 Å². The third-order valence-electron chi connectivity index (χ3n) is 2.29. The van der Waals surface area contributed by atoms with Crippen LogP contribution in [0, 0.1) is 11.3 Å². The van der Waals surface area contributed by atoms with Gasteiger partial charge in [-0.25, -0.2) is 0 Å². The standard InChI is InChI=1S/C12H7F3N4O/c13-12(14,15)8-5-7(6-16)1-2-9(8)20-11-4-3-10(17)18-19-11/h1-5H,(H2,17,18). The number of aromatic nitrogens is 2. The number of alkyl halides is 3. The molecule has 0 spiro atoms. The van der Waals surface area contributed by atoms with Crippen LogP contribution in [0.5, 0.6) is 11.6 Å². The number of nitrogens with zero attached hydrogens (tertiary/aromatic N) is 3. The number of benzene rings is 1. The normalized spacial score (nSPS) is 10.9. The van der Waals surface area contributed by atoms with Gasteiger partial charge in [0, 0.05) is 6.07 Å². The van der Waals surface area contributed by atoms with E-state index in [-0.39, 0.29) is 17.3 Å². The van der Waals surface area contributed by atoms with Crippen molar-refractivity contribution in [1.82, 2.24) is 10.2 Å². The monoisotopic (exact) mass is 280 g/mol. The Labute approximate surface area is 111 Å². The van der Waals surface area contributed by atoms with Crippen molar-refractivity contribution in [2.45, 2.75) is 6.18 Å². The summed E-state index contributed by atoms with van der Waals surface area (Å²) in [6.07, 6.45) is -4.65. The molecule has 2 rings (SSSR count). The van der Waals surface area contributed by atoms with Crippen LogP contribution in [-0.2, 0) is 6.18 Å². The van der Waals surface area contributed by atoms with Crippen molar-refractivity contribution < 1.29 is 17.9 Å². The lowest BCUT2D eigenvalue weighted by Gasteiger charge is -2.13. The Morgan fingerprint density at radius 3 is 2.45 bits per heavy atom. The van der Waals surface area contributed by atoms with Crippen LogP contribution in [0.4, 0.5) is 19.0 Å². The van der Waals surface area contributed by atoms with Crippen LogP contribution < -0.4 is 10.5 Å². The zero-order chi connectivity index (χ0) is 14.8. The number of ether oxygens (including phenoxy) is 1. The second-order valence-corrected chi connectivity index (χ2v) is 3.72. The molecule has 0 atom stereocenters. The molecule has 2 N–H and O–H groups in total. The Bertz CT molecular complexity index is 662. The third-order valence-corrected chi connectivity index (χ3v) is 2.29. The van der Waals surface area contributed by atoms with Crippen molar-refractivity contribution in [2.75, 3.05) is 5.73 Å². The molecule has 0 aliphatic heterocycles. The van der Waals surface area contributed by atoms with Gasteiger partial charge in [-0.15, -0.1) is 10.2 Å². The number of rotatable bonds is 2. The SMILES string of the molecule is N#Cc1ccc(Oc2ccc(N)nn2)c(C(F)(F)F)c1. The molecule has 0 saturated heterocycles. The molecule has 0 aliphatic rings. The molecule has 102 valence electrons. The Kier molecular flexibility index (Phi) is 3.43. The highest BCUT2D eigenvalue weighted by Crippen LogP contribution is 2.38. The molecular formula is C12H7F3N4O. The van der Waals surface area contributed by atoms with Gasteiger partial charge in [-0.3, -0.25) is 0 Å². The summed E-state index contributed by atoms with van der Waals surface area (Å²) in [5.74, 6) is -0.474. The quantitative estimate of drug-likeness (QED) is 0.914. The number of nitrogens with two attached hydrogens (primary N) is 1. The number of hydrogen-bond donors (Lipinski definition) is 1. The van der Waals surface area contributed by atoms with Crippen molar-refractivity contribution in [1.29, 1.82) is 5.26 Å². The first-order valence-corrected chi connectivity index (χ1v) is 5.28. The molecule has 5 nitrogen and oxygen atoms in total. The van der Waals surface area contributed by atoms with Crippen LogP contribution in [0.15, 0.2) is 30.3 Å². The lowest BCUT2D eigenvalue weighted by molar-refractivity contribution is -0.138. The van der Waals surface area contributed by atoms with Crippen LogP contribution >= 0.6 is 0 Å². The van der Waals surface area contributed by atoms with Gasteiger partial charge < -0.3 is 10.5 Å². The summed E-state index contributed by atoms with van der Waals surface area (Å²) in [4.78, 5) is 0. The molecule has 0 fully saturated rings. The molecule has 1 aromatic heterocycles. The zero-order valence-electron chi connectivity index (χ0n) is 9.85. The highest BCUT2D eigenvalue weighted by Gasteiger charge is 2.35. The number of anilines is 1. The Morgan fingerprint density at radius 1 is 1.15 bits per heavy atom. The number of hydrogen-bond acceptors (Lipinski definition) is 5. The average Bonchev–Trinajstić information content (AvgIpc) is 2.40. The largest absolute Gasteiger partial charge is 0.437 e. The summed E-state index contributed by atoms with van der Waals surface area (Å²) < 4.78 is 43.7. The Balaban J connectivity index is 2.41. The molecule has 0 saturated carbocycles. The Hall–Kier alpha value is -2.82. The van der Waals surface area contributed by atoms with Gasteiger partial charge >= 0.3 is 6.18 Å². The minimum atomic E-state index is -4.65. The fourth-order valence-corrected chi connectivity index (χ4v) is 1.41. The lowest BCUT2D eigenvalue weighted by Crippen LogP contribution is -2.08. The van der Waals surface area contributed by atoms with E-state index in [0.717, 1.165) is 6.07 Å². The highest BCUT2D eigenvalue weighted by molar-refractivity contribution is 5.45. The van der Waals surface area contributed by atoms with Gasteiger partial charge in [-0.05, 0) is 24.3 Å². The first kappa shape index (κ1) is 13.6. The van der Waals surface area contributed by atoms with E-state index < -0.39 is 17.5 Å². The van der Waals surface area contributed by atoms with Crippen LogP contribution in [0.2, 0.25) is 0 Å². The van der Waals surface area contributed by atoms with E-state index in [4.69, 9.17) is 15.7 Å². The number of nitrogen functional groups attached to an aromatic ring is 1. The van der Waals surface area contributed by atoms with Gasteiger partial charge in [0.25, 0.3) is 0 Å². The lowest BCUT2D eigenvalue weighted by atomic mass is 10.1. The van der Waals surface area contributed by atoms with E-state index in [2.05, 4.69) is 10.2 Å². The van der Waals surface area contributed by atoms with Crippen molar-refractivity contribution in [3.63, 3.8) is 0 Å². The molecule has 0 unspecified atom stereocenters. The van der Waals surface area contributed by atoms with Gasteiger partial charge in [0.05, 0.1) is 17.2 Å². The van der Waals surface area contributed by atoms with Gasteiger partial charge in [-0.1, -0.05) is 0 Å². The van der Waals surface area contributed by atoms with Gasteiger partial charge in [-0.2, -0.15) is 18.4 Å². The maximum absolute atomic E-state index is 12.9. The second kappa shape index (κ2) is 5.05. The summed E-state index contributed by atoms with van der Waals surface area (Å²) in [6.45, 7) is 0. The number of nitriles is 1. The van der Waals surface area contributed by atoms with E-state index in [0.29, 0.717) is 6.07 Å². The van der Waals surface area contributed by atoms with Gasteiger partial charge in [0.1, 0.15) is 11.6 Å². The average molecular weight is 280 g/mol. The topological polar surface area (TPSA) is 84.8 Å². The van der Waals surface area contributed by atoms with Crippen LogP contribution in [0.1, 0.15) is 11.1 Å². The summed E-state index contributed by atoms with van der Waals surface area (Å²) in [7, 11) is 0. The minimum absolute atomic E-state index is 0.118. The van der Waals surface area contributed by atoms with Crippen molar-refractivity contribution in [3.8, 4) is 17.7 Å². The van der Waals surface area contributed by atoms with Crippen LogP contribution in [0.3, 0.4) is 0 Å². The van der Waals surface area contributed by atoms with E-state index in [9.17, 15) is 13.2 Å². The molecule has 1 heterocycles. The maximum Gasteiger partial charge on any atom is 0.420 e. The summed E-state index contributed by atoms with van der Waals surface area (Å²) in [5.41, 5.74) is 4.13. The molecule has 0 bridgehead atoms. The molecule has 0 amide bonds. The fourth-order valence-electron chi connectivity index (χ4n) is 1.41. The predicted octanol–water partition coefficient (Wildman–Crippen LogP) is 2.74. The Morgan fingerprint density at radius 2 is 1.90 bits per heavy atom. The molecule has 20 heavy (non-hydrogen) atoms. The highest BCUT2D eigenvalue weighted by atomic mass is 19.4. The first-order chi connectivity index (χ1) is 9.40. The zero-order valence-corrected chi connectivity index (χ0v) is 9.85. The molecule has 0 radical (unpaired) electrons. The van der Waals surface area contributed by atoms with E-state index in [1.165, 1.54) is 18.2 Å². The fraction of sp³-hybridized carbons (Fsp3) is 0.0833. The molecule has 8 heteroatoms. The molecular weight excluding hydrogens is 273 g/mol. The molecule has 0 aliphatic carbocycles. The summed E-state index contributed by atoms with van der Waals surface area (Å²) in [6, 6.07) is 7.26.